The molecule has 7 nitrogen and oxygen atoms in total. The monoisotopic (exact) mass is 499 g/mol. The lowest BCUT2D eigenvalue weighted by molar-refractivity contribution is -0.137. The number of rotatable bonds is 8. The number of ether oxygens (including phenoxy) is 1. The van der Waals surface area contributed by atoms with Crippen LogP contribution in [0.3, 0.4) is 0 Å². The van der Waals surface area contributed by atoms with Crippen LogP contribution in [0.2, 0.25) is 0 Å². The van der Waals surface area contributed by atoms with E-state index in [0.29, 0.717) is 23.5 Å². The van der Waals surface area contributed by atoms with E-state index in [1.54, 1.807) is 12.3 Å². The van der Waals surface area contributed by atoms with Crippen molar-refractivity contribution >= 4 is 11.6 Å². The molecule has 0 spiro atoms. The number of aryl methyl sites for hydroxylation is 1. The van der Waals surface area contributed by atoms with Crippen molar-refractivity contribution in [2.75, 3.05) is 25.5 Å². The lowest BCUT2D eigenvalue weighted by Gasteiger charge is -2.19. The molecule has 4 rings (SSSR count). The lowest BCUT2D eigenvalue weighted by Crippen LogP contribution is -2.24. The predicted molar refractivity (Wildman–Crippen MR) is 130 cm³/mol. The molecule has 10 heteroatoms. The van der Waals surface area contributed by atoms with Gasteiger partial charge in [-0.05, 0) is 61.0 Å². The summed E-state index contributed by atoms with van der Waals surface area (Å²) in [6.07, 6.45) is -2.29. The van der Waals surface area contributed by atoms with Crippen LogP contribution in [0, 0.1) is 0 Å². The van der Waals surface area contributed by atoms with Gasteiger partial charge < -0.3 is 15.8 Å². The molecule has 0 radical (unpaired) electrons. The first-order valence-electron chi connectivity index (χ1n) is 11.6. The standard InChI is InChI=1S/C26H28F3N5O2/c1-34-10-9-32-25(34)23-15-22(7-8-31-23)36-21-4-2-3-17(13-21)5-6-24(35)33-20-12-18(16-30)11-19(14-20)26(27,28)29/h2-4,7-8,11-15,25,32H,5-6,9-10,16,30H2,1H3,(H,33,35). The molecule has 0 saturated carbocycles. The third-order valence-electron chi connectivity index (χ3n) is 5.89. The Labute approximate surface area is 207 Å². The van der Waals surface area contributed by atoms with Crippen LogP contribution in [0.25, 0.3) is 0 Å². The highest BCUT2D eigenvalue weighted by atomic mass is 19.4. The normalized spacial score (nSPS) is 16.2. The molecule has 36 heavy (non-hydrogen) atoms. The number of alkyl halides is 3. The second kappa shape index (κ2) is 11.1. The molecule has 1 amide bonds. The molecule has 1 aromatic heterocycles. The number of carbonyl (C=O) groups excluding carboxylic acids is 1. The van der Waals surface area contributed by atoms with Gasteiger partial charge in [0.2, 0.25) is 5.91 Å². The van der Waals surface area contributed by atoms with Gasteiger partial charge in [0.15, 0.2) is 0 Å². The fraction of sp³-hybridized carbons (Fsp3) is 0.308. The van der Waals surface area contributed by atoms with Crippen LogP contribution in [0.1, 0.15) is 35.0 Å². The highest BCUT2D eigenvalue weighted by molar-refractivity contribution is 5.91. The number of nitrogens with zero attached hydrogens (tertiary/aromatic N) is 2. The van der Waals surface area contributed by atoms with E-state index >= 15 is 0 Å². The first-order chi connectivity index (χ1) is 17.2. The van der Waals surface area contributed by atoms with Crippen LogP contribution in [-0.2, 0) is 23.9 Å². The van der Waals surface area contributed by atoms with Gasteiger partial charge in [0.1, 0.15) is 17.7 Å². The number of nitrogens with two attached hydrogens (primary N) is 1. The zero-order chi connectivity index (χ0) is 25.7. The number of anilines is 1. The Bertz CT molecular complexity index is 1220. The average molecular weight is 500 g/mol. The van der Waals surface area contributed by atoms with Crippen molar-refractivity contribution in [3.05, 3.63) is 83.2 Å². The molecule has 0 bridgehead atoms. The Morgan fingerprint density at radius 2 is 1.97 bits per heavy atom. The predicted octanol–water partition coefficient (Wildman–Crippen LogP) is 4.46. The molecule has 190 valence electrons. The summed E-state index contributed by atoms with van der Waals surface area (Å²) in [7, 11) is 2.03. The summed E-state index contributed by atoms with van der Waals surface area (Å²) >= 11 is 0. The maximum atomic E-state index is 13.1. The van der Waals surface area contributed by atoms with Crippen molar-refractivity contribution in [3.63, 3.8) is 0 Å². The highest BCUT2D eigenvalue weighted by Crippen LogP contribution is 2.32. The van der Waals surface area contributed by atoms with Crippen LogP contribution < -0.4 is 21.1 Å². The number of halogens is 3. The van der Waals surface area contributed by atoms with Crippen LogP contribution >= 0.6 is 0 Å². The fourth-order valence-electron chi connectivity index (χ4n) is 4.06. The third-order valence-corrected chi connectivity index (χ3v) is 5.89. The van der Waals surface area contributed by atoms with Gasteiger partial charge in [0, 0.05) is 44.0 Å². The van der Waals surface area contributed by atoms with Gasteiger partial charge in [0.05, 0.1) is 11.3 Å². The Kier molecular flexibility index (Phi) is 7.88. The number of benzene rings is 2. The van der Waals surface area contributed by atoms with Gasteiger partial charge in [-0.2, -0.15) is 13.2 Å². The van der Waals surface area contributed by atoms with Crippen molar-refractivity contribution in [1.82, 2.24) is 15.2 Å². The minimum atomic E-state index is -4.52. The van der Waals surface area contributed by atoms with Crippen LogP contribution in [0.15, 0.2) is 60.8 Å². The zero-order valence-corrected chi connectivity index (χ0v) is 19.8. The molecule has 1 saturated heterocycles. The van der Waals surface area contributed by atoms with Crippen molar-refractivity contribution in [2.45, 2.75) is 31.7 Å². The third kappa shape index (κ3) is 6.60. The minimum Gasteiger partial charge on any atom is -0.457 e. The molecular formula is C26H28F3N5O2. The maximum Gasteiger partial charge on any atom is 0.416 e. The Morgan fingerprint density at radius 3 is 2.69 bits per heavy atom. The van der Waals surface area contributed by atoms with E-state index in [1.165, 1.54) is 6.07 Å². The Hall–Kier alpha value is -3.47. The first-order valence-corrected chi connectivity index (χ1v) is 11.6. The van der Waals surface area contributed by atoms with Crippen molar-refractivity contribution in [3.8, 4) is 11.5 Å². The largest absolute Gasteiger partial charge is 0.457 e. The van der Waals surface area contributed by atoms with Crippen LogP contribution in [0.4, 0.5) is 18.9 Å². The number of nitrogens with one attached hydrogen (secondary N) is 2. The van der Waals surface area contributed by atoms with Crippen molar-refractivity contribution in [1.29, 1.82) is 0 Å². The number of carbonyl (C=O) groups is 1. The van der Waals surface area contributed by atoms with E-state index < -0.39 is 17.6 Å². The molecule has 2 aromatic carbocycles. The summed E-state index contributed by atoms with van der Waals surface area (Å²) in [4.78, 5) is 19.1. The lowest BCUT2D eigenvalue weighted by atomic mass is 10.1. The molecule has 3 aromatic rings. The molecule has 1 fully saturated rings. The molecule has 1 unspecified atom stereocenters. The maximum absolute atomic E-state index is 13.1. The SMILES string of the molecule is CN1CCNC1c1cc(Oc2cccc(CCC(=O)Nc3cc(CN)cc(C(F)(F)F)c3)c2)ccn1. The topological polar surface area (TPSA) is 92.5 Å². The number of pyridine rings is 1. The molecule has 1 aliphatic heterocycles. The Balaban J connectivity index is 1.37. The molecular weight excluding hydrogens is 471 g/mol. The van der Waals surface area contributed by atoms with E-state index in [0.717, 1.165) is 36.5 Å². The van der Waals surface area contributed by atoms with Gasteiger partial charge >= 0.3 is 6.18 Å². The summed E-state index contributed by atoms with van der Waals surface area (Å²) < 4.78 is 45.4. The van der Waals surface area contributed by atoms with Crippen LogP contribution in [0.5, 0.6) is 11.5 Å². The van der Waals surface area contributed by atoms with Crippen LogP contribution in [-0.4, -0.2) is 35.9 Å². The molecule has 2 heterocycles. The minimum absolute atomic E-state index is 0.0381. The zero-order valence-electron chi connectivity index (χ0n) is 19.8. The smallest absolute Gasteiger partial charge is 0.416 e. The fourth-order valence-corrected chi connectivity index (χ4v) is 4.06. The quantitative estimate of drug-likeness (QED) is 0.424. The summed E-state index contributed by atoms with van der Waals surface area (Å²) in [6.45, 7) is 1.77. The summed E-state index contributed by atoms with van der Waals surface area (Å²) in [5, 5.41) is 5.94. The van der Waals surface area contributed by atoms with E-state index in [-0.39, 0.29) is 24.8 Å². The second-order valence-electron chi connectivity index (χ2n) is 8.67. The highest BCUT2D eigenvalue weighted by Gasteiger charge is 2.31. The molecule has 1 atom stereocenters. The van der Waals surface area contributed by atoms with Crippen molar-refractivity contribution < 1.29 is 22.7 Å². The van der Waals surface area contributed by atoms with E-state index in [2.05, 4.69) is 20.5 Å². The summed E-state index contributed by atoms with van der Waals surface area (Å²) in [6, 6.07) is 14.4. The molecule has 4 N–H and O–H groups in total. The van der Waals surface area contributed by atoms with E-state index in [1.807, 2.05) is 37.4 Å². The van der Waals surface area contributed by atoms with Crippen molar-refractivity contribution in [2.24, 2.45) is 5.73 Å². The number of aromatic nitrogens is 1. The van der Waals surface area contributed by atoms with Gasteiger partial charge in [-0.1, -0.05) is 12.1 Å². The second-order valence-corrected chi connectivity index (χ2v) is 8.67. The number of hydrogen-bond acceptors (Lipinski definition) is 6. The summed E-state index contributed by atoms with van der Waals surface area (Å²) in [5.41, 5.74) is 6.76. The number of likely N-dealkylation sites (N-methyl/N-ethyl adjacent to an activating group) is 1. The molecule has 0 aliphatic carbocycles. The number of amides is 1. The first kappa shape index (κ1) is 25.6. The number of hydrogen-bond donors (Lipinski definition) is 3. The van der Waals surface area contributed by atoms with Gasteiger partial charge in [-0.15, -0.1) is 0 Å². The molecule has 1 aliphatic rings. The summed E-state index contributed by atoms with van der Waals surface area (Å²) in [5.74, 6) is 0.871. The van der Waals surface area contributed by atoms with Gasteiger partial charge in [-0.3, -0.25) is 20.0 Å². The van der Waals surface area contributed by atoms with E-state index in [9.17, 15) is 18.0 Å². The average Bonchev–Trinajstić information content (AvgIpc) is 3.28. The van der Waals surface area contributed by atoms with E-state index in [4.69, 9.17) is 10.5 Å². The van der Waals surface area contributed by atoms with Gasteiger partial charge in [0.25, 0.3) is 0 Å². The Morgan fingerprint density at radius 1 is 1.17 bits per heavy atom. The van der Waals surface area contributed by atoms with Gasteiger partial charge in [-0.25, -0.2) is 0 Å².